The number of rotatable bonds is 4. The lowest BCUT2D eigenvalue weighted by atomic mass is 10.3. The number of sulfonamides is 1. The zero-order valence-corrected chi connectivity index (χ0v) is 13.4. The summed E-state index contributed by atoms with van der Waals surface area (Å²) in [6.45, 7) is 0. The molecule has 0 unspecified atom stereocenters. The van der Waals surface area contributed by atoms with Gasteiger partial charge in [-0.05, 0) is 65.1 Å². The fraction of sp³-hybridized carbons (Fsp3) is 0.0769. The highest BCUT2D eigenvalue weighted by Crippen LogP contribution is 2.22. The van der Waals surface area contributed by atoms with E-state index in [9.17, 15) is 12.8 Å². The molecule has 1 N–H and O–H groups in total. The van der Waals surface area contributed by atoms with E-state index in [4.69, 9.17) is 4.74 Å². The van der Waals surface area contributed by atoms with Crippen LogP contribution in [0.5, 0.6) is 5.75 Å². The topological polar surface area (TPSA) is 55.4 Å². The van der Waals surface area contributed by atoms with Crippen LogP contribution in [0.3, 0.4) is 0 Å². The van der Waals surface area contributed by atoms with E-state index >= 15 is 0 Å². The van der Waals surface area contributed by atoms with E-state index in [1.54, 1.807) is 24.3 Å². The van der Waals surface area contributed by atoms with Crippen molar-refractivity contribution in [2.45, 2.75) is 4.90 Å². The van der Waals surface area contributed by atoms with Gasteiger partial charge < -0.3 is 4.74 Å². The summed E-state index contributed by atoms with van der Waals surface area (Å²) in [5.74, 6) is -0.726. The fourth-order valence-electron chi connectivity index (χ4n) is 1.55. The quantitative estimate of drug-likeness (QED) is 0.792. The minimum atomic E-state index is -3.82. The van der Waals surface area contributed by atoms with Crippen molar-refractivity contribution >= 4 is 38.3 Å². The van der Waals surface area contributed by atoms with Gasteiger partial charge in [0.1, 0.15) is 0 Å². The molecular weight excluding hydrogens is 396 g/mol. The summed E-state index contributed by atoms with van der Waals surface area (Å²) in [4.78, 5) is -0.158. The van der Waals surface area contributed by atoms with E-state index in [-0.39, 0.29) is 10.6 Å². The van der Waals surface area contributed by atoms with Gasteiger partial charge in [0.05, 0.1) is 12.0 Å². The minimum Gasteiger partial charge on any atom is -0.494 e. The Balaban J connectivity index is 2.30. The van der Waals surface area contributed by atoms with Crippen LogP contribution in [0.25, 0.3) is 0 Å². The maximum atomic E-state index is 13.6. The summed E-state index contributed by atoms with van der Waals surface area (Å²) < 4.78 is 45.9. The summed E-state index contributed by atoms with van der Waals surface area (Å²) >= 11 is 2.12. The standard InChI is InChI=1S/C13H11FINO3S/c1-19-13-7-6-11(8-12(13)14)20(17,18)16-10-4-2-9(15)3-5-10/h2-8,16H,1H3. The molecule has 4 nitrogen and oxygen atoms in total. The number of methoxy groups -OCH3 is 1. The molecule has 0 atom stereocenters. The first-order chi connectivity index (χ1) is 9.42. The number of ether oxygens (including phenoxy) is 1. The Hall–Kier alpha value is -1.35. The van der Waals surface area contributed by atoms with Gasteiger partial charge in [0, 0.05) is 9.26 Å². The predicted octanol–water partition coefficient (Wildman–Crippen LogP) is 3.24. The van der Waals surface area contributed by atoms with Crippen molar-refractivity contribution in [1.82, 2.24) is 0 Å². The van der Waals surface area contributed by atoms with Crippen LogP contribution in [0.1, 0.15) is 0 Å². The Labute approximate surface area is 130 Å². The lowest BCUT2D eigenvalue weighted by Crippen LogP contribution is -2.13. The number of hydrogen-bond donors (Lipinski definition) is 1. The first kappa shape index (κ1) is 15.0. The summed E-state index contributed by atoms with van der Waals surface area (Å²) in [6.07, 6.45) is 0. The molecule has 7 heteroatoms. The van der Waals surface area contributed by atoms with Crippen LogP contribution in [-0.2, 0) is 10.0 Å². The number of halogens is 2. The summed E-state index contributed by atoms with van der Waals surface area (Å²) in [5, 5.41) is 0. The molecule has 0 heterocycles. The Kier molecular flexibility index (Phi) is 4.48. The van der Waals surface area contributed by atoms with Crippen molar-refractivity contribution < 1.29 is 17.5 Å². The van der Waals surface area contributed by atoms with Gasteiger partial charge in [0.2, 0.25) is 0 Å². The Bertz CT molecular complexity index is 717. The van der Waals surface area contributed by atoms with Crippen molar-refractivity contribution in [2.24, 2.45) is 0 Å². The van der Waals surface area contributed by atoms with Crippen LogP contribution in [0.2, 0.25) is 0 Å². The van der Waals surface area contributed by atoms with Crippen LogP contribution >= 0.6 is 22.6 Å². The molecule has 0 saturated carbocycles. The normalized spacial score (nSPS) is 11.2. The molecule has 0 fully saturated rings. The fourth-order valence-corrected chi connectivity index (χ4v) is 2.98. The monoisotopic (exact) mass is 407 g/mol. The van der Waals surface area contributed by atoms with E-state index in [0.29, 0.717) is 5.69 Å². The first-order valence-electron chi connectivity index (χ1n) is 5.54. The molecule has 2 aromatic carbocycles. The van der Waals surface area contributed by atoms with Gasteiger partial charge >= 0.3 is 0 Å². The molecule has 0 radical (unpaired) electrons. The molecule has 2 aromatic rings. The van der Waals surface area contributed by atoms with Crippen LogP contribution < -0.4 is 9.46 Å². The molecule has 0 aliphatic carbocycles. The molecule has 0 bridgehead atoms. The van der Waals surface area contributed by atoms with E-state index in [1.807, 2.05) is 0 Å². The third-order valence-electron chi connectivity index (χ3n) is 2.53. The second kappa shape index (κ2) is 5.96. The smallest absolute Gasteiger partial charge is 0.262 e. The van der Waals surface area contributed by atoms with Crippen molar-refractivity contribution in [2.75, 3.05) is 11.8 Å². The van der Waals surface area contributed by atoms with E-state index in [2.05, 4.69) is 27.3 Å². The van der Waals surface area contributed by atoms with Gasteiger partial charge in [0.25, 0.3) is 10.0 Å². The van der Waals surface area contributed by atoms with Crippen molar-refractivity contribution in [3.63, 3.8) is 0 Å². The Morgan fingerprint density at radius 1 is 1.15 bits per heavy atom. The summed E-state index contributed by atoms with van der Waals surface area (Å²) in [7, 11) is -2.51. The van der Waals surface area contributed by atoms with E-state index in [1.165, 1.54) is 19.2 Å². The third-order valence-corrected chi connectivity index (χ3v) is 4.63. The Morgan fingerprint density at radius 2 is 1.80 bits per heavy atom. The van der Waals surface area contributed by atoms with Crippen LogP contribution in [-0.4, -0.2) is 15.5 Å². The van der Waals surface area contributed by atoms with Crippen molar-refractivity contribution in [3.05, 3.63) is 51.9 Å². The molecule has 0 amide bonds. The zero-order chi connectivity index (χ0) is 14.8. The third kappa shape index (κ3) is 3.40. The SMILES string of the molecule is COc1ccc(S(=O)(=O)Nc2ccc(I)cc2)cc1F. The highest BCUT2D eigenvalue weighted by Gasteiger charge is 2.16. The number of benzene rings is 2. The van der Waals surface area contributed by atoms with E-state index < -0.39 is 15.8 Å². The lowest BCUT2D eigenvalue weighted by molar-refractivity contribution is 0.385. The maximum absolute atomic E-state index is 13.6. The van der Waals surface area contributed by atoms with Crippen LogP contribution in [0.15, 0.2) is 47.4 Å². The largest absolute Gasteiger partial charge is 0.494 e. The van der Waals surface area contributed by atoms with Crippen molar-refractivity contribution in [1.29, 1.82) is 0 Å². The predicted molar refractivity (Wildman–Crippen MR) is 82.9 cm³/mol. The molecular formula is C13H11FINO3S. The molecule has 0 spiro atoms. The van der Waals surface area contributed by atoms with Crippen LogP contribution in [0, 0.1) is 9.39 Å². The number of nitrogens with one attached hydrogen (secondary N) is 1. The Morgan fingerprint density at radius 3 is 2.35 bits per heavy atom. The number of anilines is 1. The van der Waals surface area contributed by atoms with Gasteiger partial charge in [-0.1, -0.05) is 0 Å². The first-order valence-corrected chi connectivity index (χ1v) is 8.10. The van der Waals surface area contributed by atoms with Crippen LogP contribution in [0.4, 0.5) is 10.1 Å². The molecule has 0 aliphatic heterocycles. The average Bonchev–Trinajstić information content (AvgIpc) is 2.41. The molecule has 0 aliphatic rings. The van der Waals surface area contributed by atoms with E-state index in [0.717, 1.165) is 9.64 Å². The van der Waals surface area contributed by atoms with Gasteiger partial charge in [0.15, 0.2) is 11.6 Å². The number of hydrogen-bond acceptors (Lipinski definition) is 3. The average molecular weight is 407 g/mol. The van der Waals surface area contributed by atoms with Gasteiger partial charge in [-0.15, -0.1) is 0 Å². The highest BCUT2D eigenvalue weighted by atomic mass is 127. The molecule has 20 heavy (non-hydrogen) atoms. The highest BCUT2D eigenvalue weighted by molar-refractivity contribution is 14.1. The second-order valence-electron chi connectivity index (χ2n) is 3.91. The lowest BCUT2D eigenvalue weighted by Gasteiger charge is -2.09. The van der Waals surface area contributed by atoms with Gasteiger partial charge in [-0.2, -0.15) is 0 Å². The van der Waals surface area contributed by atoms with Gasteiger partial charge in [-0.3, -0.25) is 4.72 Å². The zero-order valence-electron chi connectivity index (χ0n) is 10.4. The molecule has 0 aromatic heterocycles. The maximum Gasteiger partial charge on any atom is 0.262 e. The van der Waals surface area contributed by atoms with Crippen molar-refractivity contribution in [3.8, 4) is 5.75 Å². The molecule has 106 valence electrons. The molecule has 2 rings (SSSR count). The minimum absolute atomic E-state index is 0.00165. The second-order valence-corrected chi connectivity index (χ2v) is 6.84. The molecule has 0 saturated heterocycles. The van der Waals surface area contributed by atoms with Gasteiger partial charge in [-0.25, -0.2) is 12.8 Å². The summed E-state index contributed by atoms with van der Waals surface area (Å²) in [6, 6.07) is 10.3. The summed E-state index contributed by atoms with van der Waals surface area (Å²) in [5.41, 5.74) is 0.418.